The van der Waals surface area contributed by atoms with Crippen LogP contribution in [0.15, 0.2) is 18.3 Å². The molecule has 0 saturated heterocycles. The predicted molar refractivity (Wildman–Crippen MR) is 87.9 cm³/mol. The van der Waals surface area contributed by atoms with Gasteiger partial charge in [0.1, 0.15) is 11.4 Å². The summed E-state index contributed by atoms with van der Waals surface area (Å²) in [6.45, 7) is 6.18. The van der Waals surface area contributed by atoms with Crippen LogP contribution in [0.3, 0.4) is 0 Å². The number of nitrogens with two attached hydrogens (primary N) is 1. The monoisotopic (exact) mass is 306 g/mol. The highest BCUT2D eigenvalue weighted by atomic mass is 16.6. The first-order chi connectivity index (χ1) is 10.4. The SMILES string of the molecule is CC(C)(C)OC(=O)Nc1ccc(NC2CCCC2CN)cn1. The van der Waals surface area contributed by atoms with Gasteiger partial charge in [-0.1, -0.05) is 6.42 Å². The molecule has 0 aliphatic heterocycles. The lowest BCUT2D eigenvalue weighted by Gasteiger charge is -2.21. The number of carbonyl (C=O) groups excluding carboxylic acids is 1. The topological polar surface area (TPSA) is 89.3 Å². The Morgan fingerprint density at radius 3 is 2.77 bits per heavy atom. The number of aromatic nitrogens is 1. The average molecular weight is 306 g/mol. The van der Waals surface area contributed by atoms with E-state index in [0.717, 1.165) is 12.1 Å². The van der Waals surface area contributed by atoms with Crippen molar-refractivity contribution in [2.24, 2.45) is 11.7 Å². The highest BCUT2D eigenvalue weighted by Gasteiger charge is 2.25. The second-order valence-corrected chi connectivity index (χ2v) is 6.74. The maximum atomic E-state index is 11.7. The van der Waals surface area contributed by atoms with Crippen LogP contribution in [0.4, 0.5) is 16.3 Å². The number of anilines is 2. The molecule has 2 atom stereocenters. The number of nitrogens with zero attached hydrogens (tertiary/aromatic N) is 1. The fraction of sp³-hybridized carbons (Fsp3) is 0.625. The molecule has 1 heterocycles. The summed E-state index contributed by atoms with van der Waals surface area (Å²) in [6, 6.07) is 4.08. The molecule has 1 aliphatic rings. The predicted octanol–water partition coefficient (Wildman–Crippen LogP) is 2.97. The van der Waals surface area contributed by atoms with Crippen LogP contribution in [-0.4, -0.2) is 29.3 Å². The lowest BCUT2D eigenvalue weighted by atomic mass is 10.0. The molecule has 6 heteroatoms. The quantitative estimate of drug-likeness (QED) is 0.795. The summed E-state index contributed by atoms with van der Waals surface area (Å²) in [4.78, 5) is 15.9. The number of pyridine rings is 1. The largest absolute Gasteiger partial charge is 0.444 e. The van der Waals surface area contributed by atoms with E-state index in [9.17, 15) is 4.79 Å². The molecule has 0 radical (unpaired) electrons. The van der Waals surface area contributed by atoms with Crippen LogP contribution in [0.2, 0.25) is 0 Å². The number of amides is 1. The molecule has 0 aromatic carbocycles. The minimum Gasteiger partial charge on any atom is -0.444 e. The van der Waals surface area contributed by atoms with Gasteiger partial charge >= 0.3 is 6.09 Å². The first kappa shape index (κ1) is 16.5. The van der Waals surface area contributed by atoms with Gasteiger partial charge in [-0.15, -0.1) is 0 Å². The van der Waals surface area contributed by atoms with Crippen LogP contribution in [0.25, 0.3) is 0 Å². The van der Waals surface area contributed by atoms with Gasteiger partial charge in [0.25, 0.3) is 0 Å². The maximum Gasteiger partial charge on any atom is 0.413 e. The Bertz CT molecular complexity index is 496. The van der Waals surface area contributed by atoms with E-state index in [1.807, 2.05) is 26.8 Å². The third-order valence-electron chi connectivity index (χ3n) is 3.71. The molecule has 0 bridgehead atoms. The van der Waals surface area contributed by atoms with Crippen molar-refractivity contribution in [2.45, 2.75) is 51.7 Å². The third-order valence-corrected chi connectivity index (χ3v) is 3.71. The van der Waals surface area contributed by atoms with Crippen molar-refractivity contribution < 1.29 is 9.53 Å². The van der Waals surface area contributed by atoms with E-state index < -0.39 is 11.7 Å². The molecule has 1 aromatic rings. The molecule has 4 N–H and O–H groups in total. The van der Waals surface area contributed by atoms with Crippen molar-refractivity contribution in [1.82, 2.24) is 4.98 Å². The van der Waals surface area contributed by atoms with Crippen molar-refractivity contribution >= 4 is 17.6 Å². The molecule has 1 fully saturated rings. The molecule has 6 nitrogen and oxygen atoms in total. The van der Waals surface area contributed by atoms with Crippen molar-refractivity contribution in [3.8, 4) is 0 Å². The summed E-state index contributed by atoms with van der Waals surface area (Å²) in [5.41, 5.74) is 6.21. The molecule has 1 saturated carbocycles. The lowest BCUT2D eigenvalue weighted by molar-refractivity contribution is 0.0635. The Morgan fingerprint density at radius 2 is 2.18 bits per heavy atom. The van der Waals surface area contributed by atoms with E-state index in [1.54, 1.807) is 12.3 Å². The molecule has 2 rings (SSSR count). The molecule has 1 amide bonds. The van der Waals surface area contributed by atoms with Gasteiger partial charge < -0.3 is 15.8 Å². The molecule has 22 heavy (non-hydrogen) atoms. The first-order valence-electron chi connectivity index (χ1n) is 7.80. The summed E-state index contributed by atoms with van der Waals surface area (Å²) in [7, 11) is 0. The van der Waals surface area contributed by atoms with Crippen LogP contribution < -0.4 is 16.4 Å². The van der Waals surface area contributed by atoms with E-state index in [2.05, 4.69) is 15.6 Å². The molecule has 1 aromatic heterocycles. The van der Waals surface area contributed by atoms with Gasteiger partial charge in [-0.25, -0.2) is 9.78 Å². The van der Waals surface area contributed by atoms with E-state index in [-0.39, 0.29) is 0 Å². The Labute approximate surface area is 131 Å². The number of nitrogens with one attached hydrogen (secondary N) is 2. The zero-order valence-corrected chi connectivity index (χ0v) is 13.6. The zero-order valence-electron chi connectivity index (χ0n) is 13.6. The van der Waals surface area contributed by atoms with Crippen LogP contribution in [0, 0.1) is 5.92 Å². The average Bonchev–Trinajstić information content (AvgIpc) is 2.86. The van der Waals surface area contributed by atoms with Crippen molar-refractivity contribution in [3.05, 3.63) is 18.3 Å². The number of rotatable bonds is 4. The summed E-state index contributed by atoms with van der Waals surface area (Å²) in [5, 5.41) is 6.09. The van der Waals surface area contributed by atoms with E-state index in [0.29, 0.717) is 24.3 Å². The van der Waals surface area contributed by atoms with E-state index >= 15 is 0 Å². The zero-order chi connectivity index (χ0) is 16.2. The minimum absolute atomic E-state index is 0.413. The summed E-state index contributed by atoms with van der Waals surface area (Å²) < 4.78 is 5.19. The Kier molecular flexibility index (Phi) is 5.24. The third kappa shape index (κ3) is 4.87. The number of ether oxygens (including phenoxy) is 1. The van der Waals surface area contributed by atoms with Gasteiger partial charge in [-0.05, 0) is 58.2 Å². The normalized spacial score (nSPS) is 21.5. The van der Waals surface area contributed by atoms with Gasteiger partial charge in [0.15, 0.2) is 0 Å². The Hall–Kier alpha value is -1.82. The number of carbonyl (C=O) groups is 1. The molecule has 122 valence electrons. The first-order valence-corrected chi connectivity index (χ1v) is 7.80. The van der Waals surface area contributed by atoms with Crippen LogP contribution in [-0.2, 0) is 4.74 Å². The molecule has 1 aliphatic carbocycles. The number of hydrogen-bond donors (Lipinski definition) is 3. The summed E-state index contributed by atoms with van der Waals surface area (Å²) >= 11 is 0. The second-order valence-electron chi connectivity index (χ2n) is 6.74. The lowest BCUT2D eigenvalue weighted by Crippen LogP contribution is -2.29. The van der Waals surface area contributed by atoms with Gasteiger partial charge in [0.2, 0.25) is 0 Å². The molecular weight excluding hydrogens is 280 g/mol. The van der Waals surface area contributed by atoms with Crippen molar-refractivity contribution in [2.75, 3.05) is 17.2 Å². The Balaban J connectivity index is 1.89. The van der Waals surface area contributed by atoms with E-state index in [1.165, 1.54) is 12.8 Å². The fourth-order valence-electron chi connectivity index (χ4n) is 2.68. The van der Waals surface area contributed by atoms with Gasteiger partial charge in [0.05, 0.1) is 11.9 Å². The molecule has 2 unspecified atom stereocenters. The minimum atomic E-state index is -0.523. The van der Waals surface area contributed by atoms with Crippen LogP contribution in [0.5, 0.6) is 0 Å². The van der Waals surface area contributed by atoms with Gasteiger partial charge in [-0.3, -0.25) is 5.32 Å². The highest BCUT2D eigenvalue weighted by molar-refractivity contribution is 5.83. The smallest absolute Gasteiger partial charge is 0.413 e. The van der Waals surface area contributed by atoms with E-state index in [4.69, 9.17) is 10.5 Å². The summed E-state index contributed by atoms with van der Waals surface area (Å²) in [5.74, 6) is 1.00. The molecule has 0 spiro atoms. The summed E-state index contributed by atoms with van der Waals surface area (Å²) in [6.07, 6.45) is 4.75. The van der Waals surface area contributed by atoms with Crippen LogP contribution >= 0.6 is 0 Å². The van der Waals surface area contributed by atoms with Crippen LogP contribution in [0.1, 0.15) is 40.0 Å². The van der Waals surface area contributed by atoms with Crippen molar-refractivity contribution in [3.63, 3.8) is 0 Å². The second kappa shape index (κ2) is 6.96. The van der Waals surface area contributed by atoms with Crippen molar-refractivity contribution in [1.29, 1.82) is 0 Å². The highest BCUT2D eigenvalue weighted by Crippen LogP contribution is 2.27. The maximum absolute atomic E-state index is 11.7. The Morgan fingerprint density at radius 1 is 1.41 bits per heavy atom. The van der Waals surface area contributed by atoms with Gasteiger partial charge in [0, 0.05) is 6.04 Å². The standard InChI is InChI=1S/C16H26N4O2/c1-16(2,3)22-15(21)20-14-8-7-12(10-18-14)19-13-6-4-5-11(13)9-17/h7-8,10-11,13,19H,4-6,9,17H2,1-3H3,(H,18,20,21). The number of hydrogen-bond acceptors (Lipinski definition) is 5. The fourth-order valence-corrected chi connectivity index (χ4v) is 2.68. The molecular formula is C16H26N4O2. The van der Waals surface area contributed by atoms with Gasteiger partial charge in [-0.2, -0.15) is 0 Å².